The molecule has 0 aliphatic rings. The van der Waals surface area contributed by atoms with Gasteiger partial charge in [-0.2, -0.15) is 15.6 Å². The highest BCUT2D eigenvalue weighted by Gasteiger charge is 2.12. The normalized spacial score (nSPS) is 8.89. The first-order valence-electron chi connectivity index (χ1n) is 5.14. The van der Waals surface area contributed by atoms with Crippen LogP contribution in [0.3, 0.4) is 0 Å². The molecule has 1 aromatic carbocycles. The molecule has 0 atom stereocenters. The van der Waals surface area contributed by atoms with Crippen LogP contribution >= 0.6 is 11.6 Å². The summed E-state index contributed by atoms with van der Waals surface area (Å²) in [5.41, 5.74) is 3.05. The van der Waals surface area contributed by atoms with Crippen LogP contribution in [0, 0.1) is 22.7 Å². The molecule has 1 N–H and O–H groups in total. The van der Waals surface area contributed by atoms with Crippen molar-refractivity contribution in [2.75, 3.05) is 19.5 Å². The number of carbonyl (C=O) groups excluding carboxylic acids is 1. The van der Waals surface area contributed by atoms with Gasteiger partial charge in [0.15, 0.2) is 0 Å². The fraction of sp³-hybridized carbons (Fsp3) is 0.167. The van der Waals surface area contributed by atoms with Crippen LogP contribution in [0.15, 0.2) is 23.3 Å². The van der Waals surface area contributed by atoms with Crippen molar-refractivity contribution in [3.63, 3.8) is 0 Å². The lowest BCUT2D eigenvalue weighted by molar-refractivity contribution is 0.0828. The number of hydrogen-bond donors (Lipinski definition) is 1. The van der Waals surface area contributed by atoms with Gasteiger partial charge < -0.3 is 4.90 Å². The summed E-state index contributed by atoms with van der Waals surface area (Å²) in [6.45, 7) is 0. The van der Waals surface area contributed by atoms with E-state index in [1.54, 1.807) is 38.4 Å². The molecule has 1 rings (SSSR count). The molecule has 1 aromatic rings. The van der Waals surface area contributed by atoms with E-state index in [1.165, 1.54) is 11.0 Å². The van der Waals surface area contributed by atoms with Gasteiger partial charge in [0.1, 0.15) is 12.1 Å². The van der Waals surface area contributed by atoms with E-state index in [0.29, 0.717) is 11.3 Å². The zero-order valence-electron chi connectivity index (χ0n) is 10.3. The second-order valence-electron chi connectivity index (χ2n) is 3.69. The van der Waals surface area contributed by atoms with Crippen LogP contribution in [0.4, 0.5) is 5.69 Å². The van der Waals surface area contributed by atoms with Crippen molar-refractivity contribution < 1.29 is 4.79 Å². The predicted molar refractivity (Wildman–Crippen MR) is 71.8 cm³/mol. The minimum absolute atomic E-state index is 0.213. The Kier molecular flexibility index (Phi) is 4.87. The Labute approximate surface area is 115 Å². The molecule has 0 heterocycles. The molecule has 6 nitrogen and oxygen atoms in total. The summed E-state index contributed by atoms with van der Waals surface area (Å²) in [7, 11) is 3.25. The minimum Gasteiger partial charge on any atom is -0.345 e. The lowest BCUT2D eigenvalue weighted by atomic mass is 10.2. The van der Waals surface area contributed by atoms with E-state index >= 15 is 0 Å². The molecule has 96 valence electrons. The number of amides is 1. The molecular weight excluding hydrogens is 266 g/mol. The fourth-order valence-electron chi connectivity index (χ4n) is 1.19. The van der Waals surface area contributed by atoms with Crippen LogP contribution in [-0.2, 0) is 0 Å². The lowest BCUT2D eigenvalue weighted by Crippen LogP contribution is -2.21. The maximum Gasteiger partial charge on any atom is 0.254 e. The van der Waals surface area contributed by atoms with Gasteiger partial charge in [0.05, 0.1) is 16.3 Å². The third-order valence-corrected chi connectivity index (χ3v) is 2.43. The largest absolute Gasteiger partial charge is 0.345 e. The maximum absolute atomic E-state index is 11.7. The van der Waals surface area contributed by atoms with E-state index < -0.39 is 0 Å². The second-order valence-corrected chi connectivity index (χ2v) is 4.10. The summed E-state index contributed by atoms with van der Waals surface area (Å²) in [5, 5.41) is 20.9. The average Bonchev–Trinajstić information content (AvgIpc) is 2.39. The number of anilines is 1. The lowest BCUT2D eigenvalue weighted by Gasteiger charge is -2.12. The van der Waals surface area contributed by atoms with E-state index in [4.69, 9.17) is 22.1 Å². The van der Waals surface area contributed by atoms with Gasteiger partial charge in [0.2, 0.25) is 5.71 Å². The Morgan fingerprint density at radius 2 is 2.00 bits per heavy atom. The SMILES string of the molecule is CN(C)C(=O)c1ccc(NN=C(C#N)C#N)cc1Cl. The van der Waals surface area contributed by atoms with Crippen LogP contribution in [0.5, 0.6) is 0 Å². The number of nitrogens with one attached hydrogen (secondary N) is 1. The molecule has 0 unspecified atom stereocenters. The zero-order valence-corrected chi connectivity index (χ0v) is 11.1. The summed E-state index contributed by atoms with van der Waals surface area (Å²) in [6, 6.07) is 7.85. The van der Waals surface area contributed by atoms with E-state index in [-0.39, 0.29) is 16.6 Å². The van der Waals surface area contributed by atoms with Gasteiger partial charge in [-0.15, -0.1) is 0 Å². The Morgan fingerprint density at radius 3 is 2.47 bits per heavy atom. The van der Waals surface area contributed by atoms with Gasteiger partial charge in [0.25, 0.3) is 5.91 Å². The molecule has 0 bridgehead atoms. The number of hydrazone groups is 1. The number of carbonyl (C=O) groups is 1. The van der Waals surface area contributed by atoms with Crippen molar-refractivity contribution in [1.29, 1.82) is 10.5 Å². The van der Waals surface area contributed by atoms with E-state index in [9.17, 15) is 4.79 Å². The van der Waals surface area contributed by atoms with Gasteiger partial charge in [-0.1, -0.05) is 11.6 Å². The van der Waals surface area contributed by atoms with Crippen LogP contribution in [0.2, 0.25) is 5.02 Å². The minimum atomic E-state index is -0.301. The standard InChI is InChI=1S/C12H10ClN5O/c1-18(2)12(19)10-4-3-8(5-11(10)13)16-17-9(6-14)7-15/h3-5,16H,1-2H3. The smallest absolute Gasteiger partial charge is 0.254 e. The molecule has 0 fully saturated rings. The first-order valence-corrected chi connectivity index (χ1v) is 5.52. The predicted octanol–water partition coefficient (Wildman–Crippen LogP) is 1.86. The number of halogens is 1. The first-order chi connectivity index (χ1) is 8.99. The number of benzene rings is 1. The molecule has 19 heavy (non-hydrogen) atoms. The fourth-order valence-corrected chi connectivity index (χ4v) is 1.46. The van der Waals surface area contributed by atoms with Crippen LogP contribution < -0.4 is 5.43 Å². The molecule has 1 amide bonds. The second kappa shape index (κ2) is 6.39. The topological polar surface area (TPSA) is 92.3 Å². The highest BCUT2D eigenvalue weighted by molar-refractivity contribution is 6.34. The molecule has 0 saturated carbocycles. The molecule has 0 spiro atoms. The van der Waals surface area contributed by atoms with Gasteiger partial charge in [0, 0.05) is 14.1 Å². The van der Waals surface area contributed by atoms with Gasteiger partial charge in [-0.3, -0.25) is 10.2 Å². The van der Waals surface area contributed by atoms with Crippen molar-refractivity contribution >= 4 is 28.9 Å². The van der Waals surface area contributed by atoms with Crippen LogP contribution in [0.1, 0.15) is 10.4 Å². The van der Waals surface area contributed by atoms with Crippen molar-refractivity contribution in [2.45, 2.75) is 0 Å². The summed E-state index contributed by atoms with van der Waals surface area (Å²) in [5.74, 6) is -0.213. The van der Waals surface area contributed by atoms with Crippen LogP contribution in [0.25, 0.3) is 0 Å². The molecule has 0 saturated heterocycles. The molecule has 0 aromatic heterocycles. The summed E-state index contributed by atoms with van der Waals surface area (Å²) in [4.78, 5) is 13.2. The van der Waals surface area contributed by atoms with Crippen molar-refractivity contribution in [3.8, 4) is 12.1 Å². The van der Waals surface area contributed by atoms with Crippen molar-refractivity contribution in [3.05, 3.63) is 28.8 Å². The highest BCUT2D eigenvalue weighted by atomic mass is 35.5. The average molecular weight is 276 g/mol. The molecule has 7 heteroatoms. The summed E-state index contributed by atoms with van der Waals surface area (Å²) < 4.78 is 0. The quantitative estimate of drug-likeness (QED) is 0.673. The van der Waals surface area contributed by atoms with Gasteiger partial charge >= 0.3 is 0 Å². The molecule has 0 radical (unpaired) electrons. The number of nitrogens with zero attached hydrogens (tertiary/aromatic N) is 4. The Hall–Kier alpha value is -2.57. The van der Waals surface area contributed by atoms with Crippen molar-refractivity contribution in [1.82, 2.24) is 4.90 Å². The summed E-state index contributed by atoms with van der Waals surface area (Å²) in [6.07, 6.45) is 0. The zero-order chi connectivity index (χ0) is 14.4. The number of rotatable bonds is 3. The van der Waals surface area contributed by atoms with E-state index in [0.717, 1.165) is 0 Å². The Bertz CT molecular complexity index is 594. The Morgan fingerprint density at radius 1 is 1.37 bits per heavy atom. The maximum atomic E-state index is 11.7. The van der Waals surface area contributed by atoms with E-state index in [1.807, 2.05) is 0 Å². The van der Waals surface area contributed by atoms with Gasteiger partial charge in [-0.25, -0.2) is 0 Å². The third-order valence-electron chi connectivity index (χ3n) is 2.11. The molecule has 0 aliphatic carbocycles. The summed E-state index contributed by atoms with van der Waals surface area (Å²) >= 11 is 5.99. The van der Waals surface area contributed by atoms with Crippen LogP contribution in [-0.4, -0.2) is 30.6 Å². The molecular formula is C12H10ClN5O. The number of nitriles is 2. The van der Waals surface area contributed by atoms with E-state index in [2.05, 4.69) is 10.5 Å². The van der Waals surface area contributed by atoms with Crippen molar-refractivity contribution in [2.24, 2.45) is 5.10 Å². The Balaban J connectivity index is 2.96. The monoisotopic (exact) mass is 275 g/mol. The third kappa shape index (κ3) is 3.70. The first kappa shape index (κ1) is 14.5. The van der Waals surface area contributed by atoms with Gasteiger partial charge in [-0.05, 0) is 18.2 Å². The number of hydrogen-bond acceptors (Lipinski definition) is 5. The highest BCUT2D eigenvalue weighted by Crippen LogP contribution is 2.22. The molecule has 0 aliphatic heterocycles.